The van der Waals surface area contributed by atoms with E-state index in [1.54, 1.807) is 18.0 Å². The van der Waals surface area contributed by atoms with Gasteiger partial charge in [0.05, 0.1) is 19.3 Å². The van der Waals surface area contributed by atoms with Crippen LogP contribution in [-0.2, 0) is 11.3 Å². The van der Waals surface area contributed by atoms with E-state index in [-0.39, 0.29) is 11.3 Å². The lowest BCUT2D eigenvalue weighted by Crippen LogP contribution is -2.17. The maximum absolute atomic E-state index is 12.5. The number of rotatable bonds is 5. The molecule has 7 heteroatoms. The lowest BCUT2D eigenvalue weighted by molar-refractivity contribution is -0.274. The molecule has 1 aromatic carbocycles. The van der Waals surface area contributed by atoms with Gasteiger partial charge in [0.1, 0.15) is 5.75 Å². The van der Waals surface area contributed by atoms with E-state index in [0.29, 0.717) is 24.3 Å². The summed E-state index contributed by atoms with van der Waals surface area (Å²) in [5.41, 5.74) is 1.16. The molecule has 0 saturated heterocycles. The van der Waals surface area contributed by atoms with Crippen LogP contribution in [0.4, 0.5) is 13.2 Å². The molecule has 0 atom stereocenters. The zero-order chi connectivity index (χ0) is 16.2. The second-order valence-electron chi connectivity index (χ2n) is 4.39. The Kier molecular flexibility index (Phi) is 4.73. The first-order valence-electron chi connectivity index (χ1n) is 6.31. The van der Waals surface area contributed by atoms with E-state index in [4.69, 9.17) is 11.2 Å². The molecule has 116 valence electrons. The van der Waals surface area contributed by atoms with Crippen LogP contribution in [0, 0.1) is 12.3 Å². The quantitative estimate of drug-likeness (QED) is 0.796. The highest BCUT2D eigenvalue weighted by molar-refractivity contribution is 5.71. The molecular weight excluding hydrogens is 297 g/mol. The van der Waals surface area contributed by atoms with Crippen LogP contribution in [0.3, 0.4) is 0 Å². The minimum Gasteiger partial charge on any atom is -0.405 e. The third kappa shape index (κ3) is 4.02. The summed E-state index contributed by atoms with van der Waals surface area (Å²) in [6, 6.07) is 4.04. The molecule has 0 bridgehead atoms. The number of benzene rings is 1. The zero-order valence-corrected chi connectivity index (χ0v) is 11.7. The van der Waals surface area contributed by atoms with Gasteiger partial charge in [-0.2, -0.15) is 5.10 Å². The number of hydrogen-bond donors (Lipinski definition) is 0. The molecule has 0 radical (unpaired) electrons. The number of ether oxygens (including phenoxy) is 2. The van der Waals surface area contributed by atoms with Crippen LogP contribution in [0.15, 0.2) is 30.6 Å². The molecule has 1 heterocycles. The van der Waals surface area contributed by atoms with Gasteiger partial charge in [-0.05, 0) is 18.2 Å². The van der Waals surface area contributed by atoms with Crippen molar-refractivity contribution in [3.63, 3.8) is 0 Å². The van der Waals surface area contributed by atoms with Gasteiger partial charge in [0.2, 0.25) is 0 Å². The van der Waals surface area contributed by atoms with Crippen molar-refractivity contribution in [1.82, 2.24) is 9.78 Å². The topological polar surface area (TPSA) is 36.3 Å². The Morgan fingerprint density at radius 3 is 2.77 bits per heavy atom. The van der Waals surface area contributed by atoms with Gasteiger partial charge in [0.25, 0.3) is 0 Å². The Hall–Kier alpha value is -2.46. The van der Waals surface area contributed by atoms with Gasteiger partial charge in [-0.25, -0.2) is 0 Å². The lowest BCUT2D eigenvalue weighted by Gasteiger charge is -2.12. The minimum atomic E-state index is -4.78. The Morgan fingerprint density at radius 2 is 2.14 bits per heavy atom. The highest BCUT2D eigenvalue weighted by Gasteiger charge is 2.32. The van der Waals surface area contributed by atoms with Crippen molar-refractivity contribution in [2.24, 2.45) is 0 Å². The molecule has 0 saturated carbocycles. The molecule has 0 fully saturated rings. The van der Waals surface area contributed by atoms with E-state index in [9.17, 15) is 13.2 Å². The summed E-state index contributed by atoms with van der Waals surface area (Å²) < 4.78 is 48.0. The molecule has 0 aliphatic rings. The minimum absolute atomic E-state index is 0.233. The summed E-state index contributed by atoms with van der Waals surface area (Å²) in [6.45, 7) is 0.929. The SMILES string of the molecule is C#Cc1ccc(OC(F)(F)F)c(-c2cnn(CCOC)c2)c1. The predicted octanol–water partition coefficient (Wildman–Crippen LogP) is 3.08. The van der Waals surface area contributed by atoms with Gasteiger partial charge < -0.3 is 9.47 Å². The third-order valence-corrected chi connectivity index (χ3v) is 2.84. The molecule has 2 rings (SSSR count). The van der Waals surface area contributed by atoms with Gasteiger partial charge in [0.15, 0.2) is 0 Å². The largest absolute Gasteiger partial charge is 0.573 e. The fourth-order valence-electron chi connectivity index (χ4n) is 1.87. The number of halogens is 3. The van der Waals surface area contributed by atoms with E-state index in [2.05, 4.69) is 15.8 Å². The molecule has 0 unspecified atom stereocenters. The van der Waals surface area contributed by atoms with Crippen LogP contribution < -0.4 is 4.74 Å². The van der Waals surface area contributed by atoms with Crippen molar-refractivity contribution in [1.29, 1.82) is 0 Å². The standard InChI is InChI=1S/C15H13F3N2O2/c1-3-11-4-5-14(22-15(16,17)18)13(8-11)12-9-19-20(10-12)6-7-21-2/h1,4-5,8-10H,6-7H2,2H3. The van der Waals surface area contributed by atoms with Crippen LogP contribution in [0.25, 0.3) is 11.1 Å². The van der Waals surface area contributed by atoms with Gasteiger partial charge >= 0.3 is 6.36 Å². The molecule has 0 amide bonds. The fourth-order valence-corrected chi connectivity index (χ4v) is 1.87. The summed E-state index contributed by atoms with van der Waals surface area (Å²) in [4.78, 5) is 0. The van der Waals surface area contributed by atoms with E-state index in [1.807, 2.05) is 0 Å². The van der Waals surface area contributed by atoms with Gasteiger partial charge in [-0.15, -0.1) is 19.6 Å². The molecule has 0 N–H and O–H groups in total. The van der Waals surface area contributed by atoms with Gasteiger partial charge in [-0.3, -0.25) is 4.68 Å². The summed E-state index contributed by atoms with van der Waals surface area (Å²) in [5, 5.41) is 4.07. The molecule has 2 aromatic rings. The molecule has 0 aliphatic carbocycles. The number of terminal acetylenes is 1. The normalized spacial score (nSPS) is 11.2. The van der Waals surface area contributed by atoms with Gasteiger partial charge in [0, 0.05) is 30.0 Å². The van der Waals surface area contributed by atoms with E-state index < -0.39 is 6.36 Å². The first kappa shape index (κ1) is 15.9. The Labute approximate surface area is 125 Å². The van der Waals surface area contributed by atoms with Crippen molar-refractivity contribution in [2.45, 2.75) is 12.9 Å². The second-order valence-corrected chi connectivity index (χ2v) is 4.39. The van der Waals surface area contributed by atoms with Crippen LogP contribution in [0.1, 0.15) is 5.56 Å². The van der Waals surface area contributed by atoms with Crippen LogP contribution >= 0.6 is 0 Å². The van der Waals surface area contributed by atoms with Gasteiger partial charge in [-0.1, -0.05) is 5.92 Å². The van der Waals surface area contributed by atoms with Crippen LogP contribution in [0.5, 0.6) is 5.75 Å². The van der Waals surface area contributed by atoms with Crippen molar-refractivity contribution in [2.75, 3.05) is 13.7 Å². The number of methoxy groups -OCH3 is 1. The predicted molar refractivity (Wildman–Crippen MR) is 74.2 cm³/mol. The zero-order valence-electron chi connectivity index (χ0n) is 11.7. The van der Waals surface area contributed by atoms with Crippen LogP contribution in [0.2, 0.25) is 0 Å². The first-order chi connectivity index (χ1) is 10.4. The molecule has 1 aromatic heterocycles. The summed E-state index contributed by atoms with van der Waals surface area (Å²) in [6.07, 6.45) is 3.58. The molecule has 22 heavy (non-hydrogen) atoms. The summed E-state index contributed by atoms with van der Waals surface area (Å²) in [7, 11) is 1.55. The highest BCUT2D eigenvalue weighted by Crippen LogP contribution is 2.34. The second kappa shape index (κ2) is 6.54. The van der Waals surface area contributed by atoms with Crippen molar-refractivity contribution >= 4 is 0 Å². The first-order valence-corrected chi connectivity index (χ1v) is 6.31. The number of alkyl halides is 3. The monoisotopic (exact) mass is 310 g/mol. The molecule has 0 aliphatic heterocycles. The summed E-state index contributed by atoms with van der Waals surface area (Å²) >= 11 is 0. The third-order valence-electron chi connectivity index (χ3n) is 2.84. The molecule has 0 spiro atoms. The van der Waals surface area contributed by atoms with E-state index in [0.717, 1.165) is 0 Å². The van der Waals surface area contributed by atoms with Crippen molar-refractivity contribution in [3.05, 3.63) is 36.2 Å². The Morgan fingerprint density at radius 1 is 1.36 bits per heavy atom. The van der Waals surface area contributed by atoms with E-state index in [1.165, 1.54) is 24.4 Å². The Balaban J connectivity index is 2.38. The molecular formula is C15H13F3N2O2. The van der Waals surface area contributed by atoms with E-state index >= 15 is 0 Å². The maximum atomic E-state index is 12.5. The fraction of sp³-hybridized carbons (Fsp3) is 0.267. The lowest BCUT2D eigenvalue weighted by atomic mass is 10.1. The number of nitrogens with zero attached hydrogens (tertiary/aromatic N) is 2. The number of aromatic nitrogens is 2. The maximum Gasteiger partial charge on any atom is 0.573 e. The van der Waals surface area contributed by atoms with Crippen LogP contribution in [-0.4, -0.2) is 29.9 Å². The average Bonchev–Trinajstić information content (AvgIpc) is 2.92. The van der Waals surface area contributed by atoms with Crippen molar-refractivity contribution in [3.8, 4) is 29.2 Å². The average molecular weight is 310 g/mol. The smallest absolute Gasteiger partial charge is 0.405 e. The highest BCUT2D eigenvalue weighted by atomic mass is 19.4. The molecule has 4 nitrogen and oxygen atoms in total. The van der Waals surface area contributed by atoms with Crippen molar-refractivity contribution < 1.29 is 22.6 Å². The Bertz CT molecular complexity index is 687. The number of hydrogen-bond acceptors (Lipinski definition) is 3. The summed E-state index contributed by atoms with van der Waals surface area (Å²) in [5.74, 6) is 2.06.